The van der Waals surface area contributed by atoms with Gasteiger partial charge < -0.3 is 20.1 Å². The van der Waals surface area contributed by atoms with Crippen LogP contribution in [0, 0.1) is 5.92 Å². The molecule has 0 amide bonds. The number of nitrogens with zero attached hydrogens (tertiary/aromatic N) is 1. The zero-order chi connectivity index (χ0) is 15.1. The van der Waals surface area contributed by atoms with Crippen molar-refractivity contribution < 1.29 is 9.47 Å². The molecule has 0 aliphatic heterocycles. The van der Waals surface area contributed by atoms with Gasteiger partial charge in [0.2, 0.25) is 0 Å². The summed E-state index contributed by atoms with van der Waals surface area (Å²) in [6, 6.07) is 5.78. The maximum atomic E-state index is 5.51. The van der Waals surface area contributed by atoms with Gasteiger partial charge in [-0.15, -0.1) is 24.0 Å². The predicted molar refractivity (Wildman–Crippen MR) is 102 cm³/mol. The van der Waals surface area contributed by atoms with Gasteiger partial charge in [-0.05, 0) is 31.4 Å². The Bertz CT molecular complexity index is 490. The third kappa shape index (κ3) is 5.90. The van der Waals surface area contributed by atoms with E-state index >= 15 is 0 Å². The molecule has 0 radical (unpaired) electrons. The summed E-state index contributed by atoms with van der Waals surface area (Å²) in [6.45, 7) is 3.53. The molecule has 0 bridgehead atoms. The predicted octanol–water partition coefficient (Wildman–Crippen LogP) is 3.50. The summed E-state index contributed by atoms with van der Waals surface area (Å²) in [5.41, 5.74) is 0.926. The lowest BCUT2D eigenvalue weighted by molar-refractivity contribution is 0.311. The van der Waals surface area contributed by atoms with Gasteiger partial charge in [-0.1, -0.05) is 12.8 Å². The second-order valence-corrected chi connectivity index (χ2v) is 5.15. The van der Waals surface area contributed by atoms with Crippen molar-refractivity contribution in [1.82, 2.24) is 5.32 Å². The van der Waals surface area contributed by atoms with E-state index in [9.17, 15) is 0 Å². The van der Waals surface area contributed by atoms with Crippen molar-refractivity contribution in [2.24, 2.45) is 10.9 Å². The first-order valence-corrected chi connectivity index (χ1v) is 7.55. The highest BCUT2D eigenvalue weighted by molar-refractivity contribution is 14.0. The minimum Gasteiger partial charge on any atom is -0.493 e. The highest BCUT2D eigenvalue weighted by Gasteiger charge is 2.20. The maximum Gasteiger partial charge on any atom is 0.195 e. The van der Waals surface area contributed by atoms with E-state index in [2.05, 4.69) is 15.6 Å². The molecule has 0 atom stereocenters. The minimum atomic E-state index is 0. The molecule has 0 spiro atoms. The molecule has 1 aliphatic rings. The van der Waals surface area contributed by atoms with Crippen molar-refractivity contribution in [2.45, 2.75) is 26.2 Å². The molecule has 124 valence electrons. The largest absolute Gasteiger partial charge is 0.493 e. The molecule has 2 rings (SSSR count). The molecule has 0 heterocycles. The second kappa shape index (κ2) is 9.76. The van der Waals surface area contributed by atoms with Crippen LogP contribution in [-0.2, 0) is 0 Å². The molecule has 2 N–H and O–H groups in total. The summed E-state index contributed by atoms with van der Waals surface area (Å²) in [6.07, 6.45) is 3.97. The first-order chi connectivity index (χ1) is 10.3. The van der Waals surface area contributed by atoms with Crippen molar-refractivity contribution in [1.29, 1.82) is 0 Å². The molecule has 1 fully saturated rings. The topological polar surface area (TPSA) is 54.9 Å². The molecule has 6 heteroatoms. The maximum absolute atomic E-state index is 5.51. The third-order valence-corrected chi connectivity index (χ3v) is 3.49. The summed E-state index contributed by atoms with van der Waals surface area (Å²) in [5, 5.41) is 6.60. The Kier molecular flexibility index (Phi) is 8.37. The van der Waals surface area contributed by atoms with Gasteiger partial charge in [0, 0.05) is 25.3 Å². The van der Waals surface area contributed by atoms with Crippen molar-refractivity contribution in [3.05, 3.63) is 18.2 Å². The summed E-state index contributed by atoms with van der Waals surface area (Å²) in [4.78, 5) is 4.24. The van der Waals surface area contributed by atoms with Gasteiger partial charge in [0.1, 0.15) is 0 Å². The SMILES string of the molecule is CCOc1ccc(NC(=NC)NCCC2CC2)cc1OC.I. The Morgan fingerprint density at radius 2 is 2.09 bits per heavy atom. The van der Waals surface area contributed by atoms with E-state index in [-0.39, 0.29) is 24.0 Å². The Morgan fingerprint density at radius 3 is 2.68 bits per heavy atom. The smallest absolute Gasteiger partial charge is 0.195 e. The van der Waals surface area contributed by atoms with Crippen LogP contribution in [0.1, 0.15) is 26.2 Å². The highest BCUT2D eigenvalue weighted by Crippen LogP contribution is 2.32. The van der Waals surface area contributed by atoms with E-state index < -0.39 is 0 Å². The Balaban J connectivity index is 0.00000242. The lowest BCUT2D eigenvalue weighted by atomic mass is 10.2. The molecule has 1 saturated carbocycles. The van der Waals surface area contributed by atoms with Crippen LogP contribution in [0.5, 0.6) is 11.5 Å². The molecule has 0 saturated heterocycles. The van der Waals surface area contributed by atoms with Gasteiger partial charge in [-0.3, -0.25) is 4.99 Å². The Morgan fingerprint density at radius 1 is 1.32 bits per heavy atom. The van der Waals surface area contributed by atoms with Crippen LogP contribution in [0.4, 0.5) is 5.69 Å². The molecule has 1 aromatic carbocycles. The lowest BCUT2D eigenvalue weighted by Gasteiger charge is -2.14. The Labute approximate surface area is 149 Å². The number of aliphatic imine (C=N–C) groups is 1. The van der Waals surface area contributed by atoms with E-state index in [0.717, 1.165) is 35.6 Å². The van der Waals surface area contributed by atoms with Gasteiger partial charge in [-0.2, -0.15) is 0 Å². The number of methoxy groups -OCH3 is 1. The van der Waals surface area contributed by atoms with Crippen LogP contribution in [0.25, 0.3) is 0 Å². The fraction of sp³-hybridized carbons (Fsp3) is 0.562. The van der Waals surface area contributed by atoms with Gasteiger partial charge in [0.15, 0.2) is 17.5 Å². The first kappa shape index (κ1) is 18.9. The van der Waals surface area contributed by atoms with E-state index in [0.29, 0.717) is 6.61 Å². The average molecular weight is 419 g/mol. The number of hydrogen-bond donors (Lipinski definition) is 2. The summed E-state index contributed by atoms with van der Waals surface area (Å²) >= 11 is 0. The molecule has 0 aromatic heterocycles. The summed E-state index contributed by atoms with van der Waals surface area (Å²) in [5.74, 6) is 3.17. The lowest BCUT2D eigenvalue weighted by Crippen LogP contribution is -2.31. The Hall–Kier alpha value is -1.18. The van der Waals surface area contributed by atoms with Gasteiger partial charge in [-0.25, -0.2) is 0 Å². The van der Waals surface area contributed by atoms with Crippen LogP contribution in [0.3, 0.4) is 0 Å². The van der Waals surface area contributed by atoms with Crippen LogP contribution >= 0.6 is 24.0 Å². The highest BCUT2D eigenvalue weighted by atomic mass is 127. The minimum absolute atomic E-state index is 0. The summed E-state index contributed by atoms with van der Waals surface area (Å²) < 4.78 is 10.9. The quantitative estimate of drug-likeness (QED) is 0.404. The van der Waals surface area contributed by atoms with E-state index in [4.69, 9.17) is 9.47 Å². The molecule has 1 aromatic rings. The van der Waals surface area contributed by atoms with Gasteiger partial charge in [0.05, 0.1) is 13.7 Å². The number of guanidine groups is 1. The molecule has 5 nitrogen and oxygen atoms in total. The van der Waals surface area contributed by atoms with Crippen LogP contribution in [-0.4, -0.2) is 33.3 Å². The van der Waals surface area contributed by atoms with Crippen molar-refractivity contribution in [3.8, 4) is 11.5 Å². The van der Waals surface area contributed by atoms with Crippen LogP contribution in [0.2, 0.25) is 0 Å². The number of halogens is 1. The fourth-order valence-electron chi connectivity index (χ4n) is 2.14. The zero-order valence-electron chi connectivity index (χ0n) is 13.5. The van der Waals surface area contributed by atoms with Crippen molar-refractivity contribution in [3.63, 3.8) is 0 Å². The van der Waals surface area contributed by atoms with Gasteiger partial charge in [0.25, 0.3) is 0 Å². The monoisotopic (exact) mass is 419 g/mol. The first-order valence-electron chi connectivity index (χ1n) is 7.55. The third-order valence-electron chi connectivity index (χ3n) is 3.49. The standard InChI is InChI=1S/C16H25N3O2.HI/c1-4-21-14-8-7-13(11-15(14)20-3)19-16(17-2)18-10-9-12-5-6-12;/h7-8,11-12H,4-6,9-10H2,1-3H3,(H2,17,18,19);1H. The van der Waals surface area contributed by atoms with Crippen LogP contribution in [0.15, 0.2) is 23.2 Å². The average Bonchev–Trinajstić information content (AvgIpc) is 3.32. The zero-order valence-corrected chi connectivity index (χ0v) is 15.8. The number of rotatable bonds is 7. The van der Waals surface area contributed by atoms with Gasteiger partial charge >= 0.3 is 0 Å². The number of benzene rings is 1. The number of anilines is 1. The van der Waals surface area contributed by atoms with E-state index in [1.54, 1.807) is 14.2 Å². The van der Waals surface area contributed by atoms with E-state index in [1.165, 1.54) is 19.3 Å². The number of nitrogens with one attached hydrogen (secondary N) is 2. The molecular weight excluding hydrogens is 393 g/mol. The second-order valence-electron chi connectivity index (χ2n) is 5.15. The number of hydrogen-bond acceptors (Lipinski definition) is 3. The van der Waals surface area contributed by atoms with Crippen molar-refractivity contribution in [2.75, 3.05) is 32.6 Å². The molecule has 1 aliphatic carbocycles. The van der Waals surface area contributed by atoms with Crippen molar-refractivity contribution >= 4 is 35.6 Å². The molecular formula is C16H26IN3O2. The molecule has 22 heavy (non-hydrogen) atoms. The van der Waals surface area contributed by atoms with Crippen LogP contribution < -0.4 is 20.1 Å². The van der Waals surface area contributed by atoms with E-state index in [1.807, 2.05) is 25.1 Å². The normalized spacial score (nSPS) is 14.0. The molecule has 0 unspecified atom stereocenters. The summed E-state index contributed by atoms with van der Waals surface area (Å²) in [7, 11) is 3.42. The fourth-order valence-corrected chi connectivity index (χ4v) is 2.14. The number of ether oxygens (including phenoxy) is 2.